The van der Waals surface area contributed by atoms with E-state index in [2.05, 4.69) is 0 Å². The molecule has 18 heavy (non-hydrogen) atoms. The number of hydrogen-bond acceptors (Lipinski definition) is 3. The molecule has 0 aliphatic carbocycles. The van der Waals surface area contributed by atoms with Gasteiger partial charge >= 0.3 is 30.3 Å². The Balaban J connectivity index is 0. The van der Waals surface area contributed by atoms with Crippen molar-refractivity contribution in [1.29, 1.82) is 0 Å². The Bertz CT molecular complexity index is 310. The molecule has 0 aromatic carbocycles. The first-order valence-electron chi connectivity index (χ1n) is 3.29. The third-order valence-corrected chi connectivity index (χ3v) is 1.24. The second kappa shape index (κ2) is 4.79. The number of aliphatic carboxylic acids is 1. The highest BCUT2D eigenvalue weighted by molar-refractivity contribution is 5.76. The maximum absolute atomic E-state index is 12.5. The van der Waals surface area contributed by atoms with Gasteiger partial charge in [-0.25, -0.2) is 4.79 Å². The molecule has 0 heterocycles. The summed E-state index contributed by atoms with van der Waals surface area (Å²) in [6.07, 6.45) is -19.9. The number of halogens is 9. The number of carbonyl (C=O) groups is 1. The van der Waals surface area contributed by atoms with Crippen LogP contribution in [0, 0.1) is 0 Å². The molecule has 0 rings (SSSR count). The van der Waals surface area contributed by atoms with Crippen LogP contribution in [0.1, 0.15) is 0 Å². The minimum Gasteiger partial charge on any atom is -0.477 e. The van der Waals surface area contributed by atoms with E-state index in [1.165, 1.54) is 0 Å². The van der Waals surface area contributed by atoms with Gasteiger partial charge in [-0.15, -0.1) is 0 Å². The smallest absolute Gasteiger partial charge is 0.477 e. The zero-order chi connectivity index (χ0) is 14.3. The fraction of sp³-hybridized carbons (Fsp3) is 0.800. The average molecular weight is 297 g/mol. The van der Waals surface area contributed by atoms with Gasteiger partial charge < -0.3 is 11.3 Å². The van der Waals surface area contributed by atoms with Crippen LogP contribution in [-0.2, 0) is 9.53 Å². The molecule has 0 aliphatic heterocycles. The van der Waals surface area contributed by atoms with Gasteiger partial charge in [0, 0.05) is 0 Å². The van der Waals surface area contributed by atoms with Crippen LogP contribution in [0.15, 0.2) is 0 Å². The van der Waals surface area contributed by atoms with E-state index in [0.717, 1.165) is 0 Å². The number of alkyl halides is 9. The van der Waals surface area contributed by atoms with Gasteiger partial charge in [0.1, 0.15) is 0 Å². The van der Waals surface area contributed by atoms with Crippen LogP contribution in [0.2, 0.25) is 0 Å². The molecule has 0 bridgehead atoms. The predicted molar refractivity (Wildman–Crippen MR) is 34.6 cm³/mol. The first-order valence-corrected chi connectivity index (χ1v) is 3.29. The van der Waals surface area contributed by atoms with E-state index in [-0.39, 0.29) is 6.15 Å². The van der Waals surface area contributed by atoms with Gasteiger partial charge in [0.25, 0.3) is 0 Å². The average Bonchev–Trinajstić information content (AvgIpc) is 1.98. The molecule has 0 aromatic rings. The van der Waals surface area contributed by atoms with Crippen molar-refractivity contribution in [3.63, 3.8) is 0 Å². The molecule has 0 saturated heterocycles. The summed E-state index contributed by atoms with van der Waals surface area (Å²) in [7, 11) is 0. The lowest BCUT2D eigenvalue weighted by Gasteiger charge is -2.28. The molecule has 4 N–H and O–H groups in total. The highest BCUT2D eigenvalue weighted by atomic mass is 19.4. The summed E-state index contributed by atoms with van der Waals surface area (Å²) in [5, 5.41) is 7.68. The number of rotatable bonds is 3. The molecule has 0 radical (unpaired) electrons. The number of hydrogen-bond donors (Lipinski definition) is 2. The van der Waals surface area contributed by atoms with Crippen molar-refractivity contribution in [1.82, 2.24) is 6.15 Å². The molecule has 4 nitrogen and oxygen atoms in total. The van der Waals surface area contributed by atoms with E-state index in [0.29, 0.717) is 0 Å². The third-order valence-electron chi connectivity index (χ3n) is 1.24. The Morgan fingerprint density at radius 1 is 0.833 bits per heavy atom. The lowest BCUT2D eigenvalue weighted by atomic mass is 10.3. The molecule has 13 heteroatoms. The molecule has 0 saturated carbocycles. The Hall–Kier alpha value is -1.24. The normalized spacial score (nSPS) is 16.7. The van der Waals surface area contributed by atoms with Crippen LogP contribution >= 0.6 is 0 Å². The van der Waals surface area contributed by atoms with E-state index >= 15 is 0 Å². The molecule has 0 fully saturated rings. The molecule has 110 valence electrons. The second-order valence-electron chi connectivity index (χ2n) is 2.51. The van der Waals surface area contributed by atoms with Crippen LogP contribution in [0.25, 0.3) is 0 Å². The summed E-state index contributed by atoms with van der Waals surface area (Å²) < 4.78 is 108. The van der Waals surface area contributed by atoms with E-state index in [1.54, 1.807) is 4.74 Å². The van der Waals surface area contributed by atoms with Gasteiger partial charge in [-0.2, -0.15) is 39.5 Å². The number of carboxylic acids is 1. The quantitative estimate of drug-likeness (QED) is 0.785. The lowest BCUT2D eigenvalue weighted by molar-refractivity contribution is -0.460. The maximum Gasteiger partial charge on any atom is 0.483 e. The Morgan fingerprint density at radius 3 is 1.33 bits per heavy atom. The Morgan fingerprint density at radius 2 is 1.17 bits per heavy atom. The fourth-order valence-corrected chi connectivity index (χ4v) is 0.457. The summed E-state index contributed by atoms with van der Waals surface area (Å²) in [5.41, 5.74) is 0. The highest BCUT2D eigenvalue weighted by Crippen LogP contribution is 2.45. The van der Waals surface area contributed by atoms with Crippen molar-refractivity contribution in [3.8, 4) is 0 Å². The molecule has 1 atom stereocenters. The molecule has 1 unspecified atom stereocenters. The molecule has 0 aliphatic rings. The number of ether oxygens (including phenoxy) is 1. The second-order valence-corrected chi connectivity index (χ2v) is 2.51. The fourth-order valence-electron chi connectivity index (χ4n) is 0.457. The minimum atomic E-state index is -6.70. The summed E-state index contributed by atoms with van der Waals surface area (Å²) >= 11 is 0. The van der Waals surface area contributed by atoms with Crippen molar-refractivity contribution in [2.75, 3.05) is 0 Å². The van der Waals surface area contributed by atoms with Crippen LogP contribution < -0.4 is 6.15 Å². The van der Waals surface area contributed by atoms with Crippen molar-refractivity contribution in [3.05, 3.63) is 0 Å². The minimum absolute atomic E-state index is 0. The van der Waals surface area contributed by atoms with Crippen LogP contribution in [0.4, 0.5) is 39.5 Å². The summed E-state index contributed by atoms with van der Waals surface area (Å²) in [4.78, 5) is 9.75. The van der Waals surface area contributed by atoms with Gasteiger partial charge in [0.2, 0.25) is 0 Å². The van der Waals surface area contributed by atoms with Crippen LogP contribution in [0.3, 0.4) is 0 Å². The SMILES string of the molecule is N.O=C(O)C(F)(OC(F)(F)C(F)(F)F)C(F)(F)F. The highest BCUT2D eigenvalue weighted by Gasteiger charge is 2.73. The van der Waals surface area contributed by atoms with E-state index in [9.17, 15) is 44.3 Å². The topological polar surface area (TPSA) is 81.5 Å². The number of carboxylic acid groups (broad SMARTS) is 1. The Labute approximate surface area is 91.9 Å². The van der Waals surface area contributed by atoms with Crippen LogP contribution in [0.5, 0.6) is 0 Å². The standard InChI is InChI=1S/C5HF9O3.H3N/c6-2(1(15)16,3(7,8)9)17-5(13,14)4(10,11)12;/h(H,15,16);1H3. The van der Waals surface area contributed by atoms with Crippen LogP contribution in [-0.4, -0.2) is 35.4 Å². The summed E-state index contributed by atoms with van der Waals surface area (Å²) in [6, 6.07) is 0. The Kier molecular flexibility index (Phi) is 5.09. The summed E-state index contributed by atoms with van der Waals surface area (Å²) in [5.74, 6) is -9.86. The molecule has 0 amide bonds. The first kappa shape index (κ1) is 19.1. The van der Waals surface area contributed by atoms with Gasteiger partial charge in [-0.1, -0.05) is 0 Å². The lowest BCUT2D eigenvalue weighted by Crippen LogP contribution is -2.57. The summed E-state index contributed by atoms with van der Waals surface area (Å²) in [6.45, 7) is 0. The maximum atomic E-state index is 12.5. The van der Waals surface area contributed by atoms with Gasteiger partial charge in [0.05, 0.1) is 0 Å². The van der Waals surface area contributed by atoms with Gasteiger partial charge in [0.15, 0.2) is 0 Å². The van der Waals surface area contributed by atoms with Crippen molar-refractivity contribution < 1.29 is 54.2 Å². The third kappa shape index (κ3) is 3.38. The van der Waals surface area contributed by atoms with Crippen molar-refractivity contribution >= 4 is 5.97 Å². The predicted octanol–water partition coefficient (Wildman–Crippen LogP) is 2.63. The van der Waals surface area contributed by atoms with E-state index in [4.69, 9.17) is 5.11 Å². The molecular weight excluding hydrogens is 293 g/mol. The van der Waals surface area contributed by atoms with E-state index in [1.807, 2.05) is 0 Å². The zero-order valence-corrected chi connectivity index (χ0v) is 7.87. The van der Waals surface area contributed by atoms with Gasteiger partial charge in [-0.05, 0) is 0 Å². The largest absolute Gasteiger partial charge is 0.483 e. The zero-order valence-electron chi connectivity index (χ0n) is 7.87. The monoisotopic (exact) mass is 297 g/mol. The van der Waals surface area contributed by atoms with Crippen molar-refractivity contribution in [2.45, 2.75) is 24.3 Å². The molecular formula is C5H4F9NO3. The molecule has 0 aromatic heterocycles. The first-order chi connectivity index (χ1) is 7.15. The van der Waals surface area contributed by atoms with Gasteiger partial charge in [-0.3, -0.25) is 4.74 Å². The molecule has 0 spiro atoms. The van der Waals surface area contributed by atoms with E-state index < -0.39 is 30.3 Å². The van der Waals surface area contributed by atoms with Crippen molar-refractivity contribution in [2.24, 2.45) is 0 Å².